The lowest BCUT2D eigenvalue weighted by atomic mass is 10.1. The van der Waals surface area contributed by atoms with Crippen LogP contribution in [0.15, 0.2) is 36.7 Å². The number of aldehydes is 1. The molecule has 7 heteroatoms. The Morgan fingerprint density at radius 1 is 1.10 bits per heavy atom. The summed E-state index contributed by atoms with van der Waals surface area (Å²) in [5.41, 5.74) is 3.77. The number of allylic oxidation sites excluding steroid dienone is 1. The van der Waals surface area contributed by atoms with Gasteiger partial charge in [-0.3, -0.25) is 9.69 Å². The van der Waals surface area contributed by atoms with E-state index < -0.39 is 0 Å². The van der Waals surface area contributed by atoms with Gasteiger partial charge in [-0.15, -0.1) is 0 Å². The quantitative estimate of drug-likeness (QED) is 0.467. The molecule has 1 fully saturated rings. The highest BCUT2D eigenvalue weighted by Crippen LogP contribution is 2.28. The summed E-state index contributed by atoms with van der Waals surface area (Å²) in [5, 5.41) is 0. The average molecular weight is 420 g/mol. The predicted octanol–water partition coefficient (Wildman–Crippen LogP) is 3.31. The van der Waals surface area contributed by atoms with E-state index in [0.29, 0.717) is 29.2 Å². The molecule has 0 saturated carbocycles. The molecule has 0 radical (unpaired) electrons. The number of aromatic nitrogens is 3. The lowest BCUT2D eigenvalue weighted by molar-refractivity contribution is -0.103. The Labute approximate surface area is 183 Å². The van der Waals surface area contributed by atoms with Crippen LogP contribution in [0.5, 0.6) is 5.88 Å². The van der Waals surface area contributed by atoms with Crippen molar-refractivity contribution in [2.24, 2.45) is 0 Å². The smallest absolute Gasteiger partial charge is 0.222 e. The van der Waals surface area contributed by atoms with Crippen LogP contribution in [0.3, 0.4) is 0 Å². The van der Waals surface area contributed by atoms with E-state index in [2.05, 4.69) is 35.7 Å². The van der Waals surface area contributed by atoms with E-state index in [-0.39, 0.29) is 0 Å². The minimum absolute atomic E-state index is 0.353. The molecule has 3 aromatic rings. The highest BCUT2D eigenvalue weighted by atomic mass is 16.5. The first kappa shape index (κ1) is 21.1. The molecule has 1 aliphatic rings. The fraction of sp³-hybridized carbons (Fsp3) is 0.375. The van der Waals surface area contributed by atoms with Gasteiger partial charge in [-0.2, -0.15) is 4.98 Å². The van der Waals surface area contributed by atoms with Gasteiger partial charge in [-0.1, -0.05) is 6.07 Å². The number of rotatable bonds is 5. The maximum absolute atomic E-state index is 11.9. The number of carbonyl (C=O) groups is 1. The third-order valence-electron chi connectivity index (χ3n) is 5.99. The number of imidazole rings is 1. The van der Waals surface area contributed by atoms with Crippen LogP contribution in [0.4, 0.5) is 5.82 Å². The fourth-order valence-corrected chi connectivity index (χ4v) is 4.07. The number of pyridine rings is 2. The van der Waals surface area contributed by atoms with Gasteiger partial charge in [0, 0.05) is 48.7 Å². The van der Waals surface area contributed by atoms with Crippen molar-refractivity contribution in [2.45, 2.75) is 32.9 Å². The first-order valence-electron chi connectivity index (χ1n) is 10.5. The first-order chi connectivity index (χ1) is 14.9. The fourth-order valence-electron chi connectivity index (χ4n) is 4.07. The van der Waals surface area contributed by atoms with Gasteiger partial charge in [-0.05, 0) is 57.7 Å². The summed E-state index contributed by atoms with van der Waals surface area (Å²) >= 11 is 0. The summed E-state index contributed by atoms with van der Waals surface area (Å²) < 4.78 is 7.51. The Hall–Kier alpha value is -3.19. The van der Waals surface area contributed by atoms with Crippen LogP contribution in [0.1, 0.15) is 30.7 Å². The van der Waals surface area contributed by atoms with Gasteiger partial charge in [-0.25, -0.2) is 4.98 Å². The molecule has 1 saturated heterocycles. The zero-order valence-electron chi connectivity index (χ0n) is 18.7. The summed E-state index contributed by atoms with van der Waals surface area (Å²) in [6, 6.07) is 8.70. The molecule has 3 aromatic heterocycles. The minimum atomic E-state index is 0.353. The molecule has 0 aromatic carbocycles. The molecule has 7 nitrogen and oxygen atoms in total. The number of methoxy groups -OCH3 is 1. The van der Waals surface area contributed by atoms with Crippen molar-refractivity contribution in [1.29, 1.82) is 0 Å². The molecular formula is C24H29N5O2. The van der Waals surface area contributed by atoms with Crippen molar-refractivity contribution in [2.75, 3.05) is 32.1 Å². The molecule has 0 amide bonds. The van der Waals surface area contributed by atoms with Crippen LogP contribution in [-0.4, -0.2) is 64.9 Å². The Morgan fingerprint density at radius 2 is 1.90 bits per heavy atom. The van der Waals surface area contributed by atoms with Crippen LogP contribution in [0.25, 0.3) is 17.3 Å². The molecule has 0 N–H and O–H groups in total. The molecule has 0 aliphatic carbocycles. The number of anilines is 1. The number of ether oxygens (including phenoxy) is 1. The van der Waals surface area contributed by atoms with Crippen molar-refractivity contribution in [3.63, 3.8) is 0 Å². The van der Waals surface area contributed by atoms with Crippen molar-refractivity contribution >= 4 is 29.4 Å². The van der Waals surface area contributed by atoms with Crippen molar-refractivity contribution in [3.8, 4) is 5.88 Å². The molecule has 4 rings (SSSR count). The van der Waals surface area contributed by atoms with Gasteiger partial charge in [0.05, 0.1) is 12.8 Å². The predicted molar refractivity (Wildman–Crippen MR) is 124 cm³/mol. The highest BCUT2D eigenvalue weighted by molar-refractivity contribution is 6.13. The van der Waals surface area contributed by atoms with Crippen LogP contribution in [0.2, 0.25) is 0 Å². The second-order valence-corrected chi connectivity index (χ2v) is 8.37. The second kappa shape index (κ2) is 8.51. The maximum atomic E-state index is 11.9. The number of piperazine rings is 1. The monoisotopic (exact) mass is 419 g/mol. The summed E-state index contributed by atoms with van der Waals surface area (Å²) in [7, 11) is 3.76. The number of likely N-dealkylation sites (N-methyl/N-ethyl adjacent to an activating group) is 1. The van der Waals surface area contributed by atoms with E-state index in [1.807, 2.05) is 48.0 Å². The lowest BCUT2D eigenvalue weighted by Crippen LogP contribution is -2.55. The zero-order valence-corrected chi connectivity index (χ0v) is 18.7. The molecule has 0 spiro atoms. The van der Waals surface area contributed by atoms with E-state index in [1.54, 1.807) is 13.2 Å². The molecule has 0 unspecified atom stereocenters. The number of hydrogen-bond acceptors (Lipinski definition) is 6. The number of fused-ring (bicyclic) bond motifs is 1. The van der Waals surface area contributed by atoms with Gasteiger partial charge >= 0.3 is 0 Å². The Bertz CT molecular complexity index is 1140. The summed E-state index contributed by atoms with van der Waals surface area (Å²) in [6.07, 6.45) is 6.47. The molecule has 4 heterocycles. The van der Waals surface area contributed by atoms with E-state index in [1.165, 1.54) is 0 Å². The molecule has 31 heavy (non-hydrogen) atoms. The van der Waals surface area contributed by atoms with Crippen LogP contribution >= 0.6 is 0 Å². The van der Waals surface area contributed by atoms with Gasteiger partial charge in [0.15, 0.2) is 6.29 Å². The van der Waals surface area contributed by atoms with Crippen LogP contribution in [0, 0.1) is 6.92 Å². The summed E-state index contributed by atoms with van der Waals surface area (Å²) in [4.78, 5) is 25.9. The first-order valence-corrected chi connectivity index (χ1v) is 10.5. The topological polar surface area (TPSA) is 63.0 Å². The largest absolute Gasteiger partial charge is 0.481 e. The normalized spacial score (nSPS) is 20.3. The second-order valence-electron chi connectivity index (χ2n) is 8.37. The molecule has 2 atom stereocenters. The van der Waals surface area contributed by atoms with E-state index in [4.69, 9.17) is 9.72 Å². The van der Waals surface area contributed by atoms with Crippen molar-refractivity contribution in [1.82, 2.24) is 19.3 Å². The third kappa shape index (κ3) is 4.18. The maximum Gasteiger partial charge on any atom is 0.222 e. The molecule has 1 aliphatic heterocycles. The number of aryl methyl sites for hydroxylation is 1. The molecule has 0 bridgehead atoms. The summed E-state index contributed by atoms with van der Waals surface area (Å²) in [6.45, 7) is 8.34. The number of nitrogens with zero attached hydrogens (tertiary/aromatic N) is 5. The molecular weight excluding hydrogens is 390 g/mol. The Kier molecular flexibility index (Phi) is 5.78. The Balaban J connectivity index is 1.68. The molecule has 162 valence electrons. The number of carbonyl (C=O) groups excluding carboxylic acids is 1. The minimum Gasteiger partial charge on any atom is -0.481 e. The number of hydrogen-bond donors (Lipinski definition) is 0. The lowest BCUT2D eigenvalue weighted by Gasteiger charge is -2.43. The van der Waals surface area contributed by atoms with Crippen LogP contribution in [-0.2, 0) is 4.79 Å². The Morgan fingerprint density at radius 3 is 2.65 bits per heavy atom. The zero-order chi connectivity index (χ0) is 22.1. The summed E-state index contributed by atoms with van der Waals surface area (Å²) in [5.74, 6) is 1.38. The standard InChI is InChI=1S/C24H29N5O2/c1-16-6-8-22-25-21(14-28(22)11-16)20(15-30)10-19-7-9-23(26-24(19)31-5)29-13-17(2)27(4)12-18(29)3/h6-11,14-15,17-18H,12-13H2,1-5H3/b20-10+/t17-,18+/m0/s1. The average Bonchev–Trinajstić information content (AvgIpc) is 3.17. The van der Waals surface area contributed by atoms with Gasteiger partial charge in [0.2, 0.25) is 5.88 Å². The van der Waals surface area contributed by atoms with Crippen LogP contribution < -0.4 is 9.64 Å². The van der Waals surface area contributed by atoms with Gasteiger partial charge in [0.1, 0.15) is 11.5 Å². The van der Waals surface area contributed by atoms with E-state index >= 15 is 0 Å². The van der Waals surface area contributed by atoms with Gasteiger partial charge < -0.3 is 14.0 Å². The van der Waals surface area contributed by atoms with Crippen molar-refractivity contribution < 1.29 is 9.53 Å². The van der Waals surface area contributed by atoms with E-state index in [0.717, 1.165) is 42.0 Å². The SMILES string of the molecule is COc1nc(N2C[C@H](C)N(C)C[C@H]2C)ccc1/C=C(\C=O)c1cn2cc(C)ccc2n1. The van der Waals surface area contributed by atoms with Gasteiger partial charge in [0.25, 0.3) is 0 Å². The van der Waals surface area contributed by atoms with E-state index in [9.17, 15) is 4.79 Å². The van der Waals surface area contributed by atoms with Crippen molar-refractivity contribution in [3.05, 3.63) is 53.5 Å². The third-order valence-corrected chi connectivity index (χ3v) is 5.99. The highest BCUT2D eigenvalue weighted by Gasteiger charge is 2.28.